The van der Waals surface area contributed by atoms with E-state index < -0.39 is 0 Å². The Morgan fingerprint density at radius 3 is 2.37 bits per heavy atom. The van der Waals surface area contributed by atoms with Gasteiger partial charge in [0.15, 0.2) is 0 Å². The van der Waals surface area contributed by atoms with Gasteiger partial charge < -0.3 is 15.0 Å². The van der Waals surface area contributed by atoms with E-state index in [9.17, 15) is 4.79 Å². The third-order valence-corrected chi connectivity index (χ3v) is 3.90. The van der Waals surface area contributed by atoms with E-state index in [-0.39, 0.29) is 12.0 Å². The molecule has 19 heavy (non-hydrogen) atoms. The molecule has 0 aromatic rings. The number of rotatable bonds is 7. The number of nitrogens with zero attached hydrogens (tertiary/aromatic N) is 1. The average molecular weight is 270 g/mol. The Morgan fingerprint density at radius 2 is 1.89 bits per heavy atom. The first-order chi connectivity index (χ1) is 8.93. The highest BCUT2D eigenvalue weighted by atomic mass is 16.5. The van der Waals surface area contributed by atoms with E-state index in [1.807, 2.05) is 6.92 Å². The maximum absolute atomic E-state index is 11.9. The molecule has 3 unspecified atom stereocenters. The topological polar surface area (TPSA) is 41.6 Å². The highest BCUT2D eigenvalue weighted by Crippen LogP contribution is 2.22. The highest BCUT2D eigenvalue weighted by molar-refractivity contribution is 5.75. The molecular weight excluding hydrogens is 240 g/mol. The van der Waals surface area contributed by atoms with Crippen molar-refractivity contribution in [3.63, 3.8) is 0 Å². The lowest BCUT2D eigenvalue weighted by Gasteiger charge is -2.22. The molecule has 4 nitrogen and oxygen atoms in total. The molecule has 1 N–H and O–H groups in total. The van der Waals surface area contributed by atoms with Gasteiger partial charge in [-0.05, 0) is 25.2 Å². The minimum absolute atomic E-state index is 0.114. The number of esters is 1. The van der Waals surface area contributed by atoms with Crippen molar-refractivity contribution in [2.75, 3.05) is 26.2 Å². The third-order valence-electron chi connectivity index (χ3n) is 3.90. The van der Waals surface area contributed by atoms with Gasteiger partial charge in [-0.15, -0.1) is 0 Å². The molecule has 0 aromatic carbocycles. The summed E-state index contributed by atoms with van der Waals surface area (Å²) < 4.78 is 5.14. The van der Waals surface area contributed by atoms with Crippen molar-refractivity contribution in [3.05, 3.63) is 0 Å². The van der Waals surface area contributed by atoms with Crippen molar-refractivity contribution in [3.8, 4) is 0 Å². The van der Waals surface area contributed by atoms with Crippen LogP contribution in [-0.4, -0.2) is 49.2 Å². The zero-order chi connectivity index (χ0) is 14.4. The molecular formula is C15H30N2O2. The Morgan fingerprint density at radius 1 is 1.32 bits per heavy atom. The summed E-state index contributed by atoms with van der Waals surface area (Å²) >= 11 is 0. The monoisotopic (exact) mass is 270 g/mol. The van der Waals surface area contributed by atoms with E-state index in [1.165, 1.54) is 0 Å². The summed E-state index contributed by atoms with van der Waals surface area (Å²) in [6.45, 7) is 14.3. The fourth-order valence-corrected chi connectivity index (χ4v) is 2.66. The standard InChI is InChI=1S/C15H30N2O2/c1-6-19-15(18)14(16-11(2)3)7-8-17-9-12(4)13(5)10-17/h11-14,16H,6-10H2,1-5H3. The summed E-state index contributed by atoms with van der Waals surface area (Å²) in [5.41, 5.74) is 0. The highest BCUT2D eigenvalue weighted by Gasteiger charge is 2.27. The van der Waals surface area contributed by atoms with Crippen LogP contribution in [0, 0.1) is 11.8 Å². The number of ether oxygens (including phenoxy) is 1. The largest absolute Gasteiger partial charge is 0.465 e. The molecule has 0 aliphatic carbocycles. The van der Waals surface area contributed by atoms with Crippen molar-refractivity contribution < 1.29 is 9.53 Å². The number of hydrogen-bond acceptors (Lipinski definition) is 4. The number of likely N-dealkylation sites (tertiary alicyclic amines) is 1. The Bertz CT molecular complexity index is 271. The van der Waals surface area contributed by atoms with Crippen LogP contribution in [0.5, 0.6) is 0 Å². The normalized spacial score (nSPS) is 25.8. The molecule has 0 bridgehead atoms. The van der Waals surface area contributed by atoms with Crippen molar-refractivity contribution in [1.29, 1.82) is 0 Å². The summed E-state index contributed by atoms with van der Waals surface area (Å²) in [4.78, 5) is 14.4. The van der Waals surface area contributed by atoms with Crippen LogP contribution in [0.4, 0.5) is 0 Å². The second-order valence-corrected chi connectivity index (χ2v) is 6.13. The molecule has 0 spiro atoms. The third kappa shape index (κ3) is 5.49. The van der Waals surface area contributed by atoms with Gasteiger partial charge in [-0.1, -0.05) is 27.7 Å². The summed E-state index contributed by atoms with van der Waals surface area (Å²) in [6.07, 6.45) is 0.830. The van der Waals surface area contributed by atoms with Crippen molar-refractivity contribution >= 4 is 5.97 Å². The molecule has 0 radical (unpaired) electrons. The van der Waals surface area contributed by atoms with Crippen molar-refractivity contribution in [2.24, 2.45) is 11.8 Å². The van der Waals surface area contributed by atoms with Crippen LogP contribution in [0.25, 0.3) is 0 Å². The van der Waals surface area contributed by atoms with Gasteiger partial charge in [0.2, 0.25) is 0 Å². The van der Waals surface area contributed by atoms with Gasteiger partial charge >= 0.3 is 5.97 Å². The zero-order valence-corrected chi connectivity index (χ0v) is 13.1. The fraction of sp³-hybridized carbons (Fsp3) is 0.933. The molecule has 112 valence electrons. The molecule has 0 amide bonds. The molecule has 1 heterocycles. The van der Waals surface area contributed by atoms with Crippen LogP contribution in [-0.2, 0) is 9.53 Å². The Hall–Kier alpha value is -0.610. The molecule has 0 saturated carbocycles. The predicted octanol–water partition coefficient (Wildman–Crippen LogP) is 1.89. The first-order valence-electron chi connectivity index (χ1n) is 7.59. The summed E-state index contributed by atoms with van der Waals surface area (Å²) in [6, 6.07) is 0.122. The molecule has 0 aromatic heterocycles. The fourth-order valence-electron chi connectivity index (χ4n) is 2.66. The number of carbonyl (C=O) groups is 1. The molecule has 1 saturated heterocycles. The molecule has 4 heteroatoms. The van der Waals surface area contributed by atoms with E-state index >= 15 is 0 Å². The first kappa shape index (κ1) is 16.4. The number of nitrogens with one attached hydrogen (secondary N) is 1. The van der Waals surface area contributed by atoms with Gasteiger partial charge in [-0.25, -0.2) is 0 Å². The smallest absolute Gasteiger partial charge is 0.323 e. The minimum Gasteiger partial charge on any atom is -0.465 e. The van der Waals surface area contributed by atoms with Gasteiger partial charge in [0.25, 0.3) is 0 Å². The lowest BCUT2D eigenvalue weighted by atomic mass is 10.0. The second kappa shape index (κ2) is 7.85. The second-order valence-electron chi connectivity index (χ2n) is 6.13. The van der Waals surface area contributed by atoms with E-state index in [1.54, 1.807) is 0 Å². The van der Waals surface area contributed by atoms with Crippen LogP contribution in [0.2, 0.25) is 0 Å². The number of hydrogen-bond donors (Lipinski definition) is 1. The van der Waals surface area contributed by atoms with Crippen molar-refractivity contribution in [1.82, 2.24) is 10.2 Å². The predicted molar refractivity (Wildman–Crippen MR) is 78.1 cm³/mol. The van der Waals surface area contributed by atoms with E-state index in [4.69, 9.17) is 4.74 Å². The van der Waals surface area contributed by atoms with Crippen LogP contribution in [0.15, 0.2) is 0 Å². The Balaban J connectivity index is 2.42. The molecule has 1 fully saturated rings. The maximum atomic E-state index is 11.9. The van der Waals surface area contributed by atoms with Crippen LogP contribution in [0.1, 0.15) is 41.0 Å². The molecule has 1 rings (SSSR count). The Labute approximate surface area is 117 Å². The molecule has 1 aliphatic heterocycles. The maximum Gasteiger partial charge on any atom is 0.323 e. The number of carbonyl (C=O) groups excluding carboxylic acids is 1. The summed E-state index contributed by atoms with van der Waals surface area (Å²) in [7, 11) is 0. The van der Waals surface area contributed by atoms with Gasteiger partial charge in [0, 0.05) is 25.7 Å². The van der Waals surface area contributed by atoms with Crippen LogP contribution < -0.4 is 5.32 Å². The first-order valence-corrected chi connectivity index (χ1v) is 7.59. The van der Waals surface area contributed by atoms with Crippen LogP contribution >= 0.6 is 0 Å². The quantitative estimate of drug-likeness (QED) is 0.717. The summed E-state index contributed by atoms with van der Waals surface area (Å²) in [5, 5.41) is 3.31. The lowest BCUT2D eigenvalue weighted by Crippen LogP contribution is -2.44. The van der Waals surface area contributed by atoms with E-state index in [0.29, 0.717) is 12.6 Å². The minimum atomic E-state index is -0.175. The summed E-state index contributed by atoms with van der Waals surface area (Å²) in [5.74, 6) is 1.41. The van der Waals surface area contributed by atoms with Gasteiger partial charge in [-0.3, -0.25) is 4.79 Å². The lowest BCUT2D eigenvalue weighted by molar-refractivity contribution is -0.146. The van der Waals surface area contributed by atoms with Gasteiger partial charge in [-0.2, -0.15) is 0 Å². The van der Waals surface area contributed by atoms with Gasteiger partial charge in [0.1, 0.15) is 6.04 Å². The molecule has 1 aliphatic rings. The van der Waals surface area contributed by atoms with E-state index in [2.05, 4.69) is 37.9 Å². The zero-order valence-electron chi connectivity index (χ0n) is 13.1. The Kier molecular flexibility index (Phi) is 6.80. The SMILES string of the molecule is CCOC(=O)C(CCN1CC(C)C(C)C1)NC(C)C. The van der Waals surface area contributed by atoms with Gasteiger partial charge in [0.05, 0.1) is 6.61 Å². The average Bonchev–Trinajstić information content (AvgIpc) is 2.64. The van der Waals surface area contributed by atoms with Crippen molar-refractivity contribution in [2.45, 2.75) is 53.1 Å². The van der Waals surface area contributed by atoms with Crippen LogP contribution in [0.3, 0.4) is 0 Å². The molecule has 3 atom stereocenters. The van der Waals surface area contributed by atoms with E-state index in [0.717, 1.165) is 37.9 Å².